The summed E-state index contributed by atoms with van der Waals surface area (Å²) in [5.74, 6) is -1.65. The number of carbonyl (C=O) groups is 2. The number of nitrogens with one attached hydrogen (secondary N) is 1. The molecule has 0 aliphatic carbocycles. The minimum Gasteiger partial charge on any atom is -0.480 e. The predicted molar refractivity (Wildman–Crippen MR) is 45.1 cm³/mol. The fourth-order valence-corrected chi connectivity index (χ4v) is 0.645. The highest BCUT2D eigenvalue weighted by atomic mass is 16.5. The van der Waals surface area contributed by atoms with E-state index in [9.17, 15) is 9.59 Å². The summed E-state index contributed by atoms with van der Waals surface area (Å²) in [7, 11) is 1.36. The van der Waals surface area contributed by atoms with E-state index in [4.69, 9.17) is 10.8 Å². The van der Waals surface area contributed by atoms with E-state index >= 15 is 0 Å². The Morgan fingerprint density at radius 3 is 2.46 bits per heavy atom. The third-order valence-electron chi connectivity index (χ3n) is 1.36. The van der Waals surface area contributed by atoms with Gasteiger partial charge in [0.15, 0.2) is 6.04 Å². The van der Waals surface area contributed by atoms with Gasteiger partial charge in [-0.25, -0.2) is 4.79 Å². The van der Waals surface area contributed by atoms with E-state index in [-0.39, 0.29) is 6.61 Å². The van der Waals surface area contributed by atoms with Crippen molar-refractivity contribution in [1.29, 1.82) is 0 Å². The zero-order chi connectivity index (χ0) is 10.4. The number of carboxylic acid groups (broad SMARTS) is 1. The molecule has 0 radical (unpaired) electrons. The third kappa shape index (κ3) is 4.44. The first kappa shape index (κ1) is 11.9. The zero-order valence-electron chi connectivity index (χ0n) is 7.61. The van der Waals surface area contributed by atoms with Crippen LogP contribution in [-0.4, -0.2) is 42.8 Å². The first-order valence-corrected chi connectivity index (χ1v) is 3.76. The van der Waals surface area contributed by atoms with Crippen LogP contribution in [-0.2, 0) is 14.3 Å². The lowest BCUT2D eigenvalue weighted by Crippen LogP contribution is -2.49. The Bertz CT molecular complexity index is 193. The molecule has 0 bridgehead atoms. The number of amides is 1. The summed E-state index contributed by atoms with van der Waals surface area (Å²) in [6, 6.07) is -1.76. The largest absolute Gasteiger partial charge is 0.480 e. The van der Waals surface area contributed by atoms with E-state index in [1.54, 1.807) is 0 Å². The number of carbonyl (C=O) groups excluding carboxylic acids is 1. The summed E-state index contributed by atoms with van der Waals surface area (Å²) in [6.45, 7) is 1.40. The Hall–Kier alpha value is -1.14. The fraction of sp³-hybridized carbons (Fsp3) is 0.714. The highest BCUT2D eigenvalue weighted by Gasteiger charge is 2.20. The molecule has 0 aliphatic heterocycles. The maximum Gasteiger partial charge on any atom is 0.328 e. The molecule has 4 N–H and O–H groups in total. The van der Waals surface area contributed by atoms with Crippen molar-refractivity contribution in [1.82, 2.24) is 5.32 Å². The molecule has 76 valence electrons. The molecule has 6 heteroatoms. The van der Waals surface area contributed by atoms with Crippen molar-refractivity contribution in [3.63, 3.8) is 0 Å². The Kier molecular flexibility index (Phi) is 5.01. The molecule has 2 unspecified atom stereocenters. The summed E-state index contributed by atoms with van der Waals surface area (Å²) >= 11 is 0. The average molecular weight is 190 g/mol. The molecular formula is C7H14N2O4. The SMILES string of the molecule is COCC(NC(=O)C(C)N)C(=O)O. The van der Waals surface area contributed by atoms with Crippen molar-refractivity contribution in [3.8, 4) is 0 Å². The average Bonchev–Trinajstić information content (AvgIpc) is 2.03. The summed E-state index contributed by atoms with van der Waals surface area (Å²) in [5.41, 5.74) is 5.23. The van der Waals surface area contributed by atoms with Crippen molar-refractivity contribution in [2.24, 2.45) is 5.73 Å². The maximum atomic E-state index is 11.0. The normalized spacial score (nSPS) is 14.7. The second-order valence-electron chi connectivity index (χ2n) is 2.64. The van der Waals surface area contributed by atoms with E-state index < -0.39 is 24.0 Å². The molecule has 2 atom stereocenters. The summed E-state index contributed by atoms with van der Waals surface area (Å²) in [5, 5.41) is 10.8. The van der Waals surface area contributed by atoms with Crippen LogP contribution < -0.4 is 11.1 Å². The standard InChI is InChI=1S/C7H14N2O4/c1-4(8)6(10)9-5(3-13-2)7(11)12/h4-5H,3,8H2,1-2H3,(H,9,10)(H,11,12). The molecule has 0 aromatic heterocycles. The second kappa shape index (κ2) is 5.50. The number of nitrogens with two attached hydrogens (primary N) is 1. The van der Waals surface area contributed by atoms with Gasteiger partial charge in [-0.1, -0.05) is 0 Å². The molecule has 0 aliphatic rings. The van der Waals surface area contributed by atoms with Crippen LogP contribution >= 0.6 is 0 Å². The Morgan fingerprint density at radius 1 is 1.62 bits per heavy atom. The van der Waals surface area contributed by atoms with E-state index in [1.807, 2.05) is 0 Å². The first-order valence-electron chi connectivity index (χ1n) is 3.76. The molecule has 0 fully saturated rings. The van der Waals surface area contributed by atoms with Crippen molar-refractivity contribution in [2.75, 3.05) is 13.7 Å². The number of aliphatic carboxylic acids is 1. The molecule has 0 rings (SSSR count). The monoisotopic (exact) mass is 190 g/mol. The lowest BCUT2D eigenvalue weighted by atomic mass is 10.2. The van der Waals surface area contributed by atoms with Gasteiger partial charge in [-0.2, -0.15) is 0 Å². The molecule has 0 saturated carbocycles. The minimum absolute atomic E-state index is 0.0756. The lowest BCUT2D eigenvalue weighted by molar-refractivity contribution is -0.143. The van der Waals surface area contributed by atoms with Crippen LogP contribution in [0.3, 0.4) is 0 Å². The van der Waals surface area contributed by atoms with Crippen molar-refractivity contribution >= 4 is 11.9 Å². The smallest absolute Gasteiger partial charge is 0.328 e. The molecule has 0 spiro atoms. The molecule has 0 aromatic rings. The number of methoxy groups -OCH3 is 1. The number of hydrogen-bond donors (Lipinski definition) is 3. The third-order valence-corrected chi connectivity index (χ3v) is 1.36. The minimum atomic E-state index is -1.14. The van der Waals surface area contributed by atoms with Gasteiger partial charge in [-0.3, -0.25) is 4.79 Å². The van der Waals surface area contributed by atoms with Crippen molar-refractivity contribution in [2.45, 2.75) is 19.0 Å². The number of carboxylic acids is 1. The van der Waals surface area contributed by atoms with Crippen LogP contribution in [0.5, 0.6) is 0 Å². The van der Waals surface area contributed by atoms with Crippen molar-refractivity contribution in [3.05, 3.63) is 0 Å². The first-order chi connectivity index (χ1) is 5.99. The van der Waals surface area contributed by atoms with E-state index in [2.05, 4.69) is 10.1 Å². The van der Waals surface area contributed by atoms with Gasteiger partial charge in [-0.15, -0.1) is 0 Å². The zero-order valence-corrected chi connectivity index (χ0v) is 7.61. The number of rotatable bonds is 5. The van der Waals surface area contributed by atoms with Gasteiger partial charge in [0.25, 0.3) is 0 Å². The lowest BCUT2D eigenvalue weighted by Gasteiger charge is -2.14. The van der Waals surface area contributed by atoms with E-state index in [1.165, 1.54) is 14.0 Å². The van der Waals surface area contributed by atoms with Crippen LogP contribution in [0.1, 0.15) is 6.92 Å². The maximum absolute atomic E-state index is 11.0. The van der Waals surface area contributed by atoms with Gasteiger partial charge in [0, 0.05) is 7.11 Å². The molecule has 0 aromatic carbocycles. The summed E-state index contributed by atoms with van der Waals surface area (Å²) < 4.78 is 4.61. The van der Waals surface area contributed by atoms with E-state index in [0.29, 0.717) is 0 Å². The molecule has 1 amide bonds. The van der Waals surface area contributed by atoms with Gasteiger partial charge in [-0.05, 0) is 6.92 Å². The van der Waals surface area contributed by atoms with Gasteiger partial charge in [0.05, 0.1) is 12.6 Å². The molecule has 6 nitrogen and oxygen atoms in total. The Morgan fingerprint density at radius 2 is 2.15 bits per heavy atom. The van der Waals surface area contributed by atoms with Gasteiger partial charge in [0.1, 0.15) is 0 Å². The van der Waals surface area contributed by atoms with Gasteiger partial charge >= 0.3 is 5.97 Å². The van der Waals surface area contributed by atoms with Gasteiger partial charge < -0.3 is 20.9 Å². The predicted octanol–water partition coefficient (Wildman–Crippen LogP) is -1.45. The molecule has 0 heterocycles. The topological polar surface area (TPSA) is 102 Å². The van der Waals surface area contributed by atoms with Crippen LogP contribution in [0, 0.1) is 0 Å². The molecular weight excluding hydrogens is 176 g/mol. The van der Waals surface area contributed by atoms with Crippen LogP contribution in [0.25, 0.3) is 0 Å². The summed E-state index contributed by atoms with van der Waals surface area (Å²) in [6.07, 6.45) is 0. The molecule has 0 saturated heterocycles. The highest BCUT2D eigenvalue weighted by molar-refractivity contribution is 5.86. The number of hydrogen-bond acceptors (Lipinski definition) is 4. The fourth-order valence-electron chi connectivity index (χ4n) is 0.645. The highest BCUT2D eigenvalue weighted by Crippen LogP contribution is 1.87. The molecule has 13 heavy (non-hydrogen) atoms. The van der Waals surface area contributed by atoms with Crippen LogP contribution in [0.4, 0.5) is 0 Å². The van der Waals surface area contributed by atoms with E-state index in [0.717, 1.165) is 0 Å². The number of ether oxygens (including phenoxy) is 1. The van der Waals surface area contributed by atoms with Crippen LogP contribution in [0.15, 0.2) is 0 Å². The van der Waals surface area contributed by atoms with Crippen molar-refractivity contribution < 1.29 is 19.4 Å². The Labute approximate surface area is 76.0 Å². The van der Waals surface area contributed by atoms with Crippen LogP contribution in [0.2, 0.25) is 0 Å². The Balaban J connectivity index is 4.10. The second-order valence-corrected chi connectivity index (χ2v) is 2.64. The quantitative estimate of drug-likeness (QED) is 0.492. The van der Waals surface area contributed by atoms with Gasteiger partial charge in [0.2, 0.25) is 5.91 Å². The summed E-state index contributed by atoms with van der Waals surface area (Å²) in [4.78, 5) is 21.5.